The Morgan fingerprint density at radius 1 is 1.29 bits per heavy atom. The van der Waals surface area contributed by atoms with Crippen molar-refractivity contribution in [1.29, 1.82) is 0 Å². The highest BCUT2D eigenvalue weighted by Gasteiger charge is 2.38. The van der Waals surface area contributed by atoms with E-state index in [4.69, 9.17) is 9.16 Å². The van der Waals surface area contributed by atoms with Crippen LogP contribution in [0.2, 0.25) is 18.1 Å². The van der Waals surface area contributed by atoms with Gasteiger partial charge in [-0.1, -0.05) is 20.8 Å². The minimum Gasteiger partial charge on any atom is -0.416 e. The second-order valence-electron chi connectivity index (χ2n) is 5.91. The van der Waals surface area contributed by atoms with Gasteiger partial charge in [-0.15, -0.1) is 23.5 Å². The van der Waals surface area contributed by atoms with Gasteiger partial charge in [-0.05, 0) is 25.1 Å². The normalized spacial score (nSPS) is 26.5. The lowest BCUT2D eigenvalue weighted by Gasteiger charge is -2.36. The molecule has 0 aromatic rings. The van der Waals surface area contributed by atoms with Crippen molar-refractivity contribution in [2.24, 2.45) is 0 Å². The predicted octanol–water partition coefficient (Wildman–Crippen LogP) is 4.18. The second kappa shape index (κ2) is 6.33. The Labute approximate surface area is 116 Å². The fraction of sp³-hybridized carbons (Fsp3) is 1.00. The maximum Gasteiger partial charge on any atom is 0.192 e. The summed E-state index contributed by atoms with van der Waals surface area (Å²) in [6.07, 6.45) is 0. The average Bonchev–Trinajstić information content (AvgIpc) is 2.62. The van der Waals surface area contributed by atoms with Crippen molar-refractivity contribution in [3.8, 4) is 0 Å². The van der Waals surface area contributed by atoms with Crippen molar-refractivity contribution in [2.45, 2.75) is 55.8 Å². The van der Waals surface area contributed by atoms with E-state index in [0.29, 0.717) is 15.1 Å². The third-order valence-electron chi connectivity index (χ3n) is 3.46. The van der Waals surface area contributed by atoms with Gasteiger partial charge in [0.25, 0.3) is 0 Å². The third kappa shape index (κ3) is 4.78. The van der Waals surface area contributed by atoms with Crippen molar-refractivity contribution in [3.63, 3.8) is 0 Å². The van der Waals surface area contributed by atoms with E-state index in [0.717, 1.165) is 19.0 Å². The molecule has 0 aromatic heterocycles. The molecule has 2 unspecified atom stereocenters. The van der Waals surface area contributed by atoms with Crippen LogP contribution in [-0.2, 0) is 9.16 Å². The van der Waals surface area contributed by atoms with Gasteiger partial charge in [0.2, 0.25) is 0 Å². The van der Waals surface area contributed by atoms with Gasteiger partial charge in [0.05, 0.1) is 0 Å². The van der Waals surface area contributed by atoms with Gasteiger partial charge in [0, 0.05) is 24.2 Å². The highest BCUT2D eigenvalue weighted by molar-refractivity contribution is 8.20. The van der Waals surface area contributed by atoms with Crippen LogP contribution in [0, 0.1) is 0 Å². The Hall–Kier alpha value is 0.837. The molecular weight excluding hydrogens is 268 g/mol. The van der Waals surface area contributed by atoms with Crippen LogP contribution in [0.5, 0.6) is 0 Å². The summed E-state index contributed by atoms with van der Waals surface area (Å²) in [5, 5.41) is 0.911. The Bertz CT molecular complexity index is 241. The van der Waals surface area contributed by atoms with Gasteiger partial charge in [0.1, 0.15) is 4.77 Å². The molecule has 0 saturated carbocycles. The summed E-state index contributed by atoms with van der Waals surface area (Å²) in [6, 6.07) is 0. The molecule has 1 aliphatic heterocycles. The van der Waals surface area contributed by atoms with Crippen molar-refractivity contribution < 1.29 is 9.16 Å². The number of hydrogen-bond acceptors (Lipinski definition) is 4. The average molecular weight is 295 g/mol. The summed E-state index contributed by atoms with van der Waals surface area (Å²) < 4.78 is 12.2. The first-order chi connectivity index (χ1) is 7.76. The molecule has 1 fully saturated rings. The molecule has 0 aliphatic carbocycles. The molecule has 1 aliphatic rings. The number of thioether (sulfide) groups is 2. The molecule has 0 N–H and O–H groups in total. The molecule has 5 heteroatoms. The second-order valence-corrected chi connectivity index (χ2v) is 13.5. The fourth-order valence-electron chi connectivity index (χ4n) is 1.25. The predicted molar refractivity (Wildman–Crippen MR) is 82.4 cm³/mol. The Morgan fingerprint density at radius 3 is 2.47 bits per heavy atom. The summed E-state index contributed by atoms with van der Waals surface area (Å²) in [6.45, 7) is 15.3. The standard InChI is InChI=1S/C12H26O2S2Si/c1-7-13-11-15-9-10(16-11)8-14-17(5,6)12(2,3)4/h10-11H,7-9H2,1-6H3. The van der Waals surface area contributed by atoms with Gasteiger partial charge in [-0.2, -0.15) is 0 Å². The van der Waals surface area contributed by atoms with Crippen LogP contribution in [0.1, 0.15) is 27.7 Å². The van der Waals surface area contributed by atoms with Crippen LogP contribution >= 0.6 is 23.5 Å². The van der Waals surface area contributed by atoms with E-state index in [9.17, 15) is 0 Å². The molecular formula is C12H26O2S2Si. The van der Waals surface area contributed by atoms with Crippen LogP contribution in [-0.4, -0.2) is 37.3 Å². The van der Waals surface area contributed by atoms with E-state index in [-0.39, 0.29) is 0 Å². The van der Waals surface area contributed by atoms with E-state index in [1.165, 1.54) is 0 Å². The molecule has 1 saturated heterocycles. The van der Waals surface area contributed by atoms with Gasteiger partial charge < -0.3 is 9.16 Å². The maximum atomic E-state index is 6.25. The monoisotopic (exact) mass is 294 g/mol. The Kier molecular flexibility index (Phi) is 5.91. The minimum absolute atomic E-state index is 0.308. The highest BCUT2D eigenvalue weighted by atomic mass is 32.2. The minimum atomic E-state index is -1.58. The molecule has 0 radical (unpaired) electrons. The summed E-state index contributed by atoms with van der Waals surface area (Å²) in [7, 11) is -1.58. The van der Waals surface area contributed by atoms with Crippen molar-refractivity contribution >= 4 is 31.8 Å². The first-order valence-corrected chi connectivity index (χ1v) is 11.2. The van der Waals surface area contributed by atoms with Crippen molar-refractivity contribution in [3.05, 3.63) is 0 Å². The first kappa shape index (κ1) is 15.9. The van der Waals surface area contributed by atoms with E-state index in [1.807, 2.05) is 23.5 Å². The number of ether oxygens (including phenoxy) is 1. The van der Waals surface area contributed by atoms with E-state index < -0.39 is 8.32 Å². The molecule has 0 bridgehead atoms. The smallest absolute Gasteiger partial charge is 0.192 e. The molecule has 0 aromatic carbocycles. The number of rotatable bonds is 5. The first-order valence-electron chi connectivity index (χ1n) is 6.29. The molecule has 17 heavy (non-hydrogen) atoms. The van der Waals surface area contributed by atoms with Crippen molar-refractivity contribution in [1.82, 2.24) is 0 Å². The highest BCUT2D eigenvalue weighted by Crippen LogP contribution is 2.41. The van der Waals surface area contributed by atoms with Gasteiger partial charge >= 0.3 is 0 Å². The van der Waals surface area contributed by atoms with Crippen LogP contribution in [0.15, 0.2) is 0 Å². The lowest BCUT2D eigenvalue weighted by atomic mass is 10.2. The molecule has 1 rings (SSSR count). The maximum absolute atomic E-state index is 6.25. The molecule has 2 nitrogen and oxygen atoms in total. The largest absolute Gasteiger partial charge is 0.416 e. The van der Waals surface area contributed by atoms with Gasteiger partial charge in [-0.25, -0.2) is 0 Å². The molecule has 102 valence electrons. The topological polar surface area (TPSA) is 18.5 Å². The summed E-state index contributed by atoms with van der Waals surface area (Å²) in [4.78, 5) is 0. The van der Waals surface area contributed by atoms with Crippen LogP contribution in [0.25, 0.3) is 0 Å². The number of hydrogen-bond donors (Lipinski definition) is 0. The molecule has 0 amide bonds. The summed E-state index contributed by atoms with van der Waals surface area (Å²) >= 11 is 3.83. The fourth-order valence-corrected chi connectivity index (χ4v) is 5.37. The Morgan fingerprint density at radius 2 is 1.94 bits per heavy atom. The van der Waals surface area contributed by atoms with Gasteiger partial charge in [-0.3, -0.25) is 0 Å². The SMILES string of the molecule is CCOC1SCC(CO[Si](C)(C)C(C)(C)C)S1. The Balaban J connectivity index is 2.33. The zero-order valence-electron chi connectivity index (χ0n) is 11.9. The molecule has 1 heterocycles. The zero-order valence-corrected chi connectivity index (χ0v) is 14.5. The third-order valence-corrected chi connectivity index (χ3v) is 11.0. The summed E-state index contributed by atoms with van der Waals surface area (Å²) in [5.74, 6) is 1.16. The lowest BCUT2D eigenvalue weighted by molar-refractivity contribution is 0.179. The van der Waals surface area contributed by atoms with Crippen LogP contribution in [0.3, 0.4) is 0 Å². The zero-order chi connectivity index (χ0) is 13.1. The van der Waals surface area contributed by atoms with E-state index in [1.54, 1.807) is 0 Å². The quantitative estimate of drug-likeness (QED) is 0.708. The van der Waals surface area contributed by atoms with E-state index in [2.05, 4.69) is 40.8 Å². The molecule has 0 spiro atoms. The van der Waals surface area contributed by atoms with E-state index >= 15 is 0 Å². The lowest BCUT2D eigenvalue weighted by Crippen LogP contribution is -2.42. The molecule has 2 atom stereocenters. The van der Waals surface area contributed by atoms with Crippen LogP contribution in [0.4, 0.5) is 0 Å². The van der Waals surface area contributed by atoms with Gasteiger partial charge in [0.15, 0.2) is 8.32 Å². The van der Waals surface area contributed by atoms with Crippen molar-refractivity contribution in [2.75, 3.05) is 19.0 Å². The summed E-state index contributed by atoms with van der Waals surface area (Å²) in [5.41, 5.74) is 0. The van der Waals surface area contributed by atoms with Crippen LogP contribution < -0.4 is 0 Å².